The molecule has 1 saturated heterocycles. The fraction of sp³-hybridized carbons (Fsp3) is 0.417. The Hall–Kier alpha value is -2.91. The molecular weight excluding hydrogens is 442 g/mol. The van der Waals surface area contributed by atoms with Crippen LogP contribution >= 0.6 is 0 Å². The van der Waals surface area contributed by atoms with Crippen molar-refractivity contribution < 1.29 is 22.7 Å². The average molecular weight is 474 g/mol. The number of morpholine rings is 1. The zero-order valence-corrected chi connectivity index (χ0v) is 19.9. The minimum absolute atomic E-state index is 0.104. The van der Waals surface area contributed by atoms with Crippen molar-refractivity contribution in [3.63, 3.8) is 0 Å². The third-order valence-electron chi connectivity index (χ3n) is 5.50. The molecule has 2 aromatic carbocycles. The Morgan fingerprint density at radius 1 is 1.06 bits per heavy atom. The molecule has 0 aliphatic carbocycles. The number of anilines is 1. The van der Waals surface area contributed by atoms with Crippen LogP contribution in [0, 0.1) is 0 Å². The number of benzene rings is 2. The Kier molecular flexibility index (Phi) is 8.46. The molecule has 8 nitrogen and oxygen atoms in total. The van der Waals surface area contributed by atoms with Gasteiger partial charge < -0.3 is 15.0 Å². The number of carbonyl (C=O) groups excluding carboxylic acids is 2. The van der Waals surface area contributed by atoms with Crippen molar-refractivity contribution in [3.8, 4) is 0 Å². The highest BCUT2D eigenvalue weighted by atomic mass is 32.2. The average Bonchev–Trinajstić information content (AvgIpc) is 2.81. The number of amides is 2. The standard InChI is InChI=1S/C24H31N3O5S/c1-19(8-9-20-6-4-3-5-7-20)25-23(28)18-27(33(2,30)31)22-12-10-21(11-13-22)24(29)26-14-16-32-17-15-26/h3-7,10-13,19H,8-9,14-18H2,1-2H3,(H,25,28). The molecule has 9 heteroatoms. The molecule has 1 heterocycles. The fourth-order valence-corrected chi connectivity index (χ4v) is 4.53. The number of ether oxygens (including phenoxy) is 1. The summed E-state index contributed by atoms with van der Waals surface area (Å²) in [5.74, 6) is -0.504. The van der Waals surface area contributed by atoms with Crippen molar-refractivity contribution in [2.75, 3.05) is 43.4 Å². The summed E-state index contributed by atoms with van der Waals surface area (Å²) >= 11 is 0. The SMILES string of the molecule is CC(CCc1ccccc1)NC(=O)CN(c1ccc(C(=O)N2CCOCC2)cc1)S(C)(=O)=O. The molecule has 0 saturated carbocycles. The van der Waals surface area contributed by atoms with E-state index < -0.39 is 10.0 Å². The van der Waals surface area contributed by atoms with E-state index in [1.807, 2.05) is 37.3 Å². The van der Waals surface area contributed by atoms with Gasteiger partial charge in [-0.1, -0.05) is 30.3 Å². The van der Waals surface area contributed by atoms with Crippen LogP contribution in [-0.2, 0) is 26.0 Å². The van der Waals surface area contributed by atoms with E-state index in [1.165, 1.54) is 5.56 Å². The van der Waals surface area contributed by atoms with Crippen LogP contribution in [0.2, 0.25) is 0 Å². The number of sulfonamides is 1. The van der Waals surface area contributed by atoms with Crippen molar-refractivity contribution in [1.82, 2.24) is 10.2 Å². The molecule has 2 amide bonds. The Bertz CT molecular complexity index is 1040. The third-order valence-corrected chi connectivity index (χ3v) is 6.64. The van der Waals surface area contributed by atoms with Gasteiger partial charge in [-0.15, -0.1) is 0 Å². The first-order valence-corrected chi connectivity index (χ1v) is 12.9. The maximum atomic E-state index is 12.6. The Labute approximate surface area is 195 Å². The van der Waals surface area contributed by atoms with Crippen molar-refractivity contribution in [1.29, 1.82) is 0 Å². The Balaban J connectivity index is 1.61. The predicted molar refractivity (Wildman–Crippen MR) is 128 cm³/mol. The molecule has 0 aromatic heterocycles. The Morgan fingerprint density at radius 2 is 1.70 bits per heavy atom. The van der Waals surface area contributed by atoms with Gasteiger partial charge in [-0.25, -0.2) is 8.42 Å². The summed E-state index contributed by atoms with van der Waals surface area (Å²) in [6.07, 6.45) is 2.62. The predicted octanol–water partition coefficient (Wildman–Crippen LogP) is 2.06. The lowest BCUT2D eigenvalue weighted by molar-refractivity contribution is -0.120. The van der Waals surface area contributed by atoms with Crippen LogP contribution in [0.3, 0.4) is 0 Å². The van der Waals surface area contributed by atoms with E-state index in [1.54, 1.807) is 29.2 Å². The van der Waals surface area contributed by atoms with Gasteiger partial charge in [0, 0.05) is 24.7 Å². The highest BCUT2D eigenvalue weighted by Gasteiger charge is 2.23. The van der Waals surface area contributed by atoms with Crippen LogP contribution in [0.15, 0.2) is 54.6 Å². The molecule has 33 heavy (non-hydrogen) atoms. The van der Waals surface area contributed by atoms with Gasteiger partial charge >= 0.3 is 0 Å². The molecule has 0 radical (unpaired) electrons. The lowest BCUT2D eigenvalue weighted by Crippen LogP contribution is -2.43. The molecule has 3 rings (SSSR count). The smallest absolute Gasteiger partial charge is 0.254 e. The second-order valence-electron chi connectivity index (χ2n) is 8.21. The first-order chi connectivity index (χ1) is 15.7. The van der Waals surface area contributed by atoms with Crippen LogP contribution < -0.4 is 9.62 Å². The van der Waals surface area contributed by atoms with E-state index >= 15 is 0 Å². The molecule has 1 atom stereocenters. The van der Waals surface area contributed by atoms with E-state index in [2.05, 4.69) is 5.32 Å². The van der Waals surface area contributed by atoms with Crippen LogP contribution in [-0.4, -0.2) is 70.3 Å². The molecule has 1 aliphatic heterocycles. The molecule has 2 aromatic rings. The van der Waals surface area contributed by atoms with Gasteiger partial charge in [0.1, 0.15) is 6.54 Å². The number of nitrogens with one attached hydrogen (secondary N) is 1. The molecule has 1 fully saturated rings. The molecule has 1 aliphatic rings. The first-order valence-electron chi connectivity index (χ1n) is 11.0. The molecule has 1 unspecified atom stereocenters. The third kappa shape index (κ3) is 7.30. The minimum Gasteiger partial charge on any atom is -0.378 e. The van der Waals surface area contributed by atoms with E-state index in [-0.39, 0.29) is 24.4 Å². The van der Waals surface area contributed by atoms with Gasteiger partial charge in [0.25, 0.3) is 5.91 Å². The second kappa shape index (κ2) is 11.3. The van der Waals surface area contributed by atoms with Crippen LogP contribution in [0.25, 0.3) is 0 Å². The minimum atomic E-state index is -3.70. The van der Waals surface area contributed by atoms with Crippen LogP contribution in [0.1, 0.15) is 29.3 Å². The highest BCUT2D eigenvalue weighted by molar-refractivity contribution is 7.92. The summed E-state index contributed by atoms with van der Waals surface area (Å²) in [5.41, 5.74) is 1.99. The van der Waals surface area contributed by atoms with Gasteiger partial charge in [0.15, 0.2) is 0 Å². The van der Waals surface area contributed by atoms with Crippen LogP contribution in [0.4, 0.5) is 5.69 Å². The maximum Gasteiger partial charge on any atom is 0.254 e. The van der Waals surface area contributed by atoms with E-state index in [4.69, 9.17) is 4.74 Å². The number of rotatable bonds is 9. The highest BCUT2D eigenvalue weighted by Crippen LogP contribution is 2.19. The van der Waals surface area contributed by atoms with Crippen molar-refractivity contribution in [3.05, 3.63) is 65.7 Å². The normalized spacial score (nSPS) is 15.0. The summed E-state index contributed by atoms with van der Waals surface area (Å²) < 4.78 is 31.1. The van der Waals surface area contributed by atoms with Crippen molar-refractivity contribution in [2.45, 2.75) is 25.8 Å². The molecule has 0 spiro atoms. The fourth-order valence-electron chi connectivity index (χ4n) is 3.67. The van der Waals surface area contributed by atoms with E-state index in [0.29, 0.717) is 37.6 Å². The quantitative estimate of drug-likeness (QED) is 0.602. The lowest BCUT2D eigenvalue weighted by Gasteiger charge is -2.27. The van der Waals surface area contributed by atoms with Crippen molar-refractivity contribution >= 4 is 27.5 Å². The van der Waals surface area contributed by atoms with Gasteiger partial charge in [-0.2, -0.15) is 0 Å². The molecule has 178 valence electrons. The van der Waals surface area contributed by atoms with Gasteiger partial charge in [-0.3, -0.25) is 13.9 Å². The van der Waals surface area contributed by atoms with Gasteiger partial charge in [0.2, 0.25) is 15.9 Å². The topological polar surface area (TPSA) is 96.0 Å². The van der Waals surface area contributed by atoms with Crippen molar-refractivity contribution in [2.24, 2.45) is 0 Å². The van der Waals surface area contributed by atoms with E-state index in [0.717, 1.165) is 23.4 Å². The van der Waals surface area contributed by atoms with Gasteiger partial charge in [-0.05, 0) is 49.6 Å². The summed E-state index contributed by atoms with van der Waals surface area (Å²) in [4.78, 5) is 26.9. The maximum absolute atomic E-state index is 12.6. The number of carbonyl (C=O) groups is 2. The molecular formula is C24H31N3O5S. The largest absolute Gasteiger partial charge is 0.378 e. The summed E-state index contributed by atoms with van der Waals surface area (Å²) in [7, 11) is -3.70. The Morgan fingerprint density at radius 3 is 2.30 bits per heavy atom. The second-order valence-corrected chi connectivity index (χ2v) is 10.1. The number of nitrogens with zero attached hydrogens (tertiary/aromatic N) is 2. The zero-order chi connectivity index (χ0) is 23.8. The number of aryl methyl sites for hydroxylation is 1. The molecule has 0 bridgehead atoms. The first kappa shape index (κ1) is 24.7. The number of hydrogen-bond acceptors (Lipinski definition) is 5. The number of hydrogen-bond donors (Lipinski definition) is 1. The van der Waals surface area contributed by atoms with Gasteiger partial charge in [0.05, 0.1) is 25.2 Å². The zero-order valence-electron chi connectivity index (χ0n) is 19.1. The lowest BCUT2D eigenvalue weighted by atomic mass is 10.1. The summed E-state index contributed by atoms with van der Waals surface area (Å²) in [6.45, 7) is 3.63. The monoisotopic (exact) mass is 473 g/mol. The summed E-state index contributed by atoms with van der Waals surface area (Å²) in [5, 5.41) is 2.88. The van der Waals surface area contributed by atoms with Crippen LogP contribution in [0.5, 0.6) is 0 Å². The summed E-state index contributed by atoms with van der Waals surface area (Å²) in [6, 6.07) is 16.2. The van der Waals surface area contributed by atoms with E-state index in [9.17, 15) is 18.0 Å². The molecule has 1 N–H and O–H groups in total.